The number of pyridine rings is 1. The van der Waals surface area contributed by atoms with Crippen LogP contribution in [0.1, 0.15) is 35.4 Å². The highest BCUT2D eigenvalue weighted by atomic mass is 15.1. The van der Waals surface area contributed by atoms with Gasteiger partial charge in [0.05, 0.1) is 5.56 Å². The second-order valence-corrected chi connectivity index (χ2v) is 4.75. The number of aryl methyl sites for hydroxylation is 3. The van der Waals surface area contributed by atoms with Gasteiger partial charge < -0.3 is 0 Å². The lowest BCUT2D eigenvalue weighted by Crippen LogP contribution is -2.07. The molecule has 0 atom stereocenters. The number of fused-ring (bicyclic) bond motifs is 1. The fourth-order valence-corrected chi connectivity index (χ4v) is 2.45. The van der Waals surface area contributed by atoms with Crippen LogP contribution >= 0.6 is 0 Å². The van der Waals surface area contributed by atoms with E-state index in [2.05, 4.69) is 21.3 Å². The first-order valence-corrected chi connectivity index (χ1v) is 6.23. The lowest BCUT2D eigenvalue weighted by Gasteiger charge is -2.15. The van der Waals surface area contributed by atoms with E-state index in [1.165, 1.54) is 18.4 Å². The largest absolute Gasteiger partial charge is 0.282 e. The standard InChI is InChI=1S/C14H14N4/c1-9-6-13(18-17-9)14-11(8-15)7-10-4-2-3-5-12(10)16-14/h6-7H,2-5H2,1H3,(H,17,18). The minimum absolute atomic E-state index is 0.627. The van der Waals surface area contributed by atoms with Crippen molar-refractivity contribution in [2.45, 2.75) is 32.6 Å². The van der Waals surface area contributed by atoms with Gasteiger partial charge in [0.15, 0.2) is 0 Å². The molecule has 0 amide bonds. The summed E-state index contributed by atoms with van der Waals surface area (Å²) in [6.07, 6.45) is 4.43. The van der Waals surface area contributed by atoms with Crippen molar-refractivity contribution in [2.24, 2.45) is 0 Å². The number of hydrogen-bond acceptors (Lipinski definition) is 3. The van der Waals surface area contributed by atoms with E-state index >= 15 is 0 Å². The molecule has 0 spiro atoms. The van der Waals surface area contributed by atoms with Crippen LogP contribution in [0.5, 0.6) is 0 Å². The third-order valence-corrected chi connectivity index (χ3v) is 3.37. The number of aromatic nitrogens is 3. The Bertz CT molecular complexity index is 634. The molecule has 4 nitrogen and oxygen atoms in total. The summed E-state index contributed by atoms with van der Waals surface area (Å²) in [6.45, 7) is 1.95. The summed E-state index contributed by atoms with van der Waals surface area (Å²) in [5.74, 6) is 0. The molecule has 0 bridgehead atoms. The van der Waals surface area contributed by atoms with E-state index in [9.17, 15) is 5.26 Å². The molecule has 0 saturated heterocycles. The summed E-state index contributed by atoms with van der Waals surface area (Å²) in [4.78, 5) is 4.66. The molecule has 0 unspecified atom stereocenters. The molecule has 90 valence electrons. The first-order valence-electron chi connectivity index (χ1n) is 6.23. The van der Waals surface area contributed by atoms with Gasteiger partial charge in [0.2, 0.25) is 0 Å². The van der Waals surface area contributed by atoms with Gasteiger partial charge in [0.1, 0.15) is 17.5 Å². The molecule has 2 aromatic rings. The van der Waals surface area contributed by atoms with Crippen molar-refractivity contribution in [3.63, 3.8) is 0 Å². The predicted octanol–water partition coefficient (Wildman–Crippen LogP) is 2.53. The summed E-state index contributed by atoms with van der Waals surface area (Å²) in [5.41, 5.74) is 5.44. The highest BCUT2D eigenvalue weighted by molar-refractivity contribution is 5.64. The fraction of sp³-hybridized carbons (Fsp3) is 0.357. The SMILES string of the molecule is Cc1cc(-c2nc3c(cc2C#N)CCCC3)n[nH]1. The van der Waals surface area contributed by atoms with Gasteiger partial charge in [0, 0.05) is 11.4 Å². The lowest BCUT2D eigenvalue weighted by molar-refractivity contribution is 0.668. The number of nitrogens with zero attached hydrogens (tertiary/aromatic N) is 3. The normalized spacial score (nSPS) is 14.0. The molecule has 0 saturated carbocycles. The van der Waals surface area contributed by atoms with Crippen molar-refractivity contribution >= 4 is 0 Å². The van der Waals surface area contributed by atoms with Gasteiger partial charge in [-0.25, -0.2) is 4.98 Å². The van der Waals surface area contributed by atoms with Crippen LogP contribution in [0.3, 0.4) is 0 Å². The van der Waals surface area contributed by atoms with E-state index < -0.39 is 0 Å². The zero-order chi connectivity index (χ0) is 12.5. The molecule has 2 aromatic heterocycles. The van der Waals surface area contributed by atoms with Gasteiger partial charge in [0.25, 0.3) is 0 Å². The quantitative estimate of drug-likeness (QED) is 0.830. The molecular weight excluding hydrogens is 224 g/mol. The molecule has 1 aliphatic carbocycles. The maximum absolute atomic E-state index is 9.26. The zero-order valence-corrected chi connectivity index (χ0v) is 10.3. The average Bonchev–Trinajstić information content (AvgIpc) is 2.83. The van der Waals surface area contributed by atoms with E-state index in [0.29, 0.717) is 11.3 Å². The number of rotatable bonds is 1. The Labute approximate surface area is 106 Å². The maximum Gasteiger partial charge on any atom is 0.112 e. The minimum atomic E-state index is 0.627. The van der Waals surface area contributed by atoms with Crippen molar-refractivity contribution in [2.75, 3.05) is 0 Å². The number of nitriles is 1. The summed E-state index contributed by atoms with van der Waals surface area (Å²) in [6, 6.07) is 6.15. The summed E-state index contributed by atoms with van der Waals surface area (Å²) < 4.78 is 0. The molecule has 1 aliphatic rings. The molecule has 4 heteroatoms. The van der Waals surface area contributed by atoms with Crippen LogP contribution < -0.4 is 0 Å². The molecule has 3 rings (SSSR count). The summed E-state index contributed by atoms with van der Waals surface area (Å²) >= 11 is 0. The molecule has 18 heavy (non-hydrogen) atoms. The van der Waals surface area contributed by atoms with Crippen molar-refractivity contribution in [1.29, 1.82) is 5.26 Å². The van der Waals surface area contributed by atoms with Gasteiger partial charge >= 0.3 is 0 Å². The van der Waals surface area contributed by atoms with Crippen LogP contribution in [-0.4, -0.2) is 15.2 Å². The Morgan fingerprint density at radius 2 is 2.11 bits per heavy atom. The molecular formula is C14H14N4. The molecule has 0 aromatic carbocycles. The topological polar surface area (TPSA) is 65.4 Å². The Morgan fingerprint density at radius 3 is 2.83 bits per heavy atom. The van der Waals surface area contributed by atoms with E-state index in [-0.39, 0.29) is 0 Å². The van der Waals surface area contributed by atoms with Gasteiger partial charge in [-0.1, -0.05) is 0 Å². The predicted molar refractivity (Wildman–Crippen MR) is 67.9 cm³/mol. The Kier molecular flexibility index (Phi) is 2.60. The summed E-state index contributed by atoms with van der Waals surface area (Å²) in [7, 11) is 0. The number of H-pyrrole nitrogens is 1. The zero-order valence-electron chi connectivity index (χ0n) is 10.3. The van der Waals surface area contributed by atoms with E-state index in [1.807, 2.05) is 19.1 Å². The van der Waals surface area contributed by atoms with Crippen LogP contribution in [0.25, 0.3) is 11.4 Å². The first-order chi connectivity index (χ1) is 8.78. The van der Waals surface area contributed by atoms with Crippen LogP contribution in [-0.2, 0) is 12.8 Å². The van der Waals surface area contributed by atoms with Crippen molar-refractivity contribution in [3.8, 4) is 17.5 Å². The molecule has 2 heterocycles. The summed E-state index contributed by atoms with van der Waals surface area (Å²) in [5, 5.41) is 16.4. The van der Waals surface area contributed by atoms with Gasteiger partial charge in [-0.15, -0.1) is 0 Å². The number of aromatic amines is 1. The van der Waals surface area contributed by atoms with Crippen molar-refractivity contribution in [3.05, 3.63) is 34.6 Å². The highest BCUT2D eigenvalue weighted by Crippen LogP contribution is 2.26. The number of hydrogen-bond donors (Lipinski definition) is 1. The first kappa shape index (κ1) is 11.0. The third-order valence-electron chi connectivity index (χ3n) is 3.37. The van der Waals surface area contributed by atoms with Crippen LogP contribution in [0, 0.1) is 18.3 Å². The Hall–Kier alpha value is -2.15. The monoisotopic (exact) mass is 238 g/mol. The van der Waals surface area contributed by atoms with Gasteiger partial charge in [-0.05, 0) is 50.3 Å². The smallest absolute Gasteiger partial charge is 0.112 e. The molecule has 0 radical (unpaired) electrons. The highest BCUT2D eigenvalue weighted by Gasteiger charge is 2.17. The van der Waals surface area contributed by atoms with Crippen molar-refractivity contribution in [1.82, 2.24) is 15.2 Å². The number of nitrogens with one attached hydrogen (secondary N) is 1. The third kappa shape index (κ3) is 1.78. The molecule has 0 fully saturated rings. The second kappa shape index (κ2) is 4.26. The Morgan fingerprint density at radius 1 is 1.28 bits per heavy atom. The second-order valence-electron chi connectivity index (χ2n) is 4.75. The van der Waals surface area contributed by atoms with Gasteiger partial charge in [-0.3, -0.25) is 5.10 Å². The van der Waals surface area contributed by atoms with E-state index in [1.54, 1.807) is 0 Å². The van der Waals surface area contributed by atoms with Crippen molar-refractivity contribution < 1.29 is 0 Å². The fourth-order valence-electron chi connectivity index (χ4n) is 2.45. The Balaban J connectivity index is 2.16. The van der Waals surface area contributed by atoms with Crippen LogP contribution in [0.4, 0.5) is 0 Å². The van der Waals surface area contributed by atoms with Crippen LogP contribution in [0.2, 0.25) is 0 Å². The molecule has 1 N–H and O–H groups in total. The lowest BCUT2D eigenvalue weighted by atomic mass is 9.94. The van der Waals surface area contributed by atoms with Crippen LogP contribution in [0.15, 0.2) is 12.1 Å². The van der Waals surface area contributed by atoms with E-state index in [0.717, 1.165) is 29.9 Å². The van der Waals surface area contributed by atoms with E-state index in [4.69, 9.17) is 0 Å². The maximum atomic E-state index is 9.26. The average molecular weight is 238 g/mol. The molecule has 0 aliphatic heterocycles. The minimum Gasteiger partial charge on any atom is -0.282 e. The van der Waals surface area contributed by atoms with Gasteiger partial charge in [-0.2, -0.15) is 10.4 Å².